The molecule has 182 valence electrons. The molecule has 2 aromatic heterocycles. The van der Waals surface area contributed by atoms with Gasteiger partial charge in [-0.05, 0) is 30.3 Å². The minimum Gasteiger partial charge on any atom is -0.442 e. The van der Waals surface area contributed by atoms with E-state index in [0.717, 1.165) is 6.34 Å². The van der Waals surface area contributed by atoms with Crippen molar-refractivity contribution in [2.75, 3.05) is 36.0 Å². The maximum atomic E-state index is 15.0. The Morgan fingerprint density at radius 1 is 1.37 bits per heavy atom. The number of ether oxygens (including phenoxy) is 1. The van der Waals surface area contributed by atoms with Crippen LogP contribution in [0.2, 0.25) is 0 Å². The van der Waals surface area contributed by atoms with Gasteiger partial charge >= 0.3 is 6.09 Å². The summed E-state index contributed by atoms with van der Waals surface area (Å²) in [4.78, 5) is 30.6. The number of benzene rings is 1. The number of nitrogens with zero attached hydrogens (tertiary/aromatic N) is 6. The van der Waals surface area contributed by atoms with E-state index in [2.05, 4.69) is 20.6 Å². The van der Waals surface area contributed by atoms with Crippen LogP contribution < -0.4 is 15.1 Å². The summed E-state index contributed by atoms with van der Waals surface area (Å²) in [6.07, 6.45) is 4.75. The molecule has 3 heterocycles. The molecular weight excluding hydrogens is 459 g/mol. The van der Waals surface area contributed by atoms with Crippen LogP contribution in [0.3, 0.4) is 0 Å². The summed E-state index contributed by atoms with van der Waals surface area (Å²) in [5.41, 5.74) is 1.20. The second-order valence-electron chi connectivity index (χ2n) is 7.64. The topological polar surface area (TPSA) is 150 Å². The van der Waals surface area contributed by atoms with Crippen LogP contribution in [-0.2, 0) is 16.1 Å². The Morgan fingerprint density at radius 2 is 2.23 bits per heavy atom. The van der Waals surface area contributed by atoms with Gasteiger partial charge in [0.1, 0.15) is 24.3 Å². The van der Waals surface area contributed by atoms with Crippen molar-refractivity contribution in [3.8, 4) is 11.1 Å². The van der Waals surface area contributed by atoms with Gasteiger partial charge in [-0.2, -0.15) is 0 Å². The molecule has 0 aliphatic carbocycles. The first kappa shape index (κ1) is 23.8. The second kappa shape index (κ2) is 10.7. The molecule has 3 aromatic rings. The first-order chi connectivity index (χ1) is 17.0. The van der Waals surface area contributed by atoms with E-state index in [1.165, 1.54) is 28.3 Å². The summed E-state index contributed by atoms with van der Waals surface area (Å²) in [6, 6.07) is 7.78. The van der Waals surface area contributed by atoms with Crippen LogP contribution in [0.5, 0.6) is 0 Å². The number of aromatic nitrogens is 4. The number of aliphatic hydroxyl groups excluding tert-OH is 1. The van der Waals surface area contributed by atoms with Crippen molar-refractivity contribution in [2.24, 2.45) is 0 Å². The molecule has 2 amide bonds. The van der Waals surface area contributed by atoms with Gasteiger partial charge in [0.2, 0.25) is 5.91 Å². The summed E-state index contributed by atoms with van der Waals surface area (Å²) in [6.45, 7) is 0.485. The molecule has 1 aliphatic heterocycles. The Balaban J connectivity index is 1.42. The largest absolute Gasteiger partial charge is 0.442 e. The Morgan fingerprint density at radius 3 is 2.89 bits per heavy atom. The summed E-state index contributed by atoms with van der Waals surface area (Å²) in [5, 5.41) is 26.4. The number of carbonyl (C=O) groups excluding carboxylic acids is 2. The Kier molecular flexibility index (Phi) is 7.26. The lowest BCUT2D eigenvalue weighted by atomic mass is 10.1. The van der Waals surface area contributed by atoms with Gasteiger partial charge in [-0.1, -0.05) is 5.21 Å². The zero-order chi connectivity index (χ0) is 24.8. The number of cyclic esters (lactones) is 1. The minimum absolute atomic E-state index is 0.215. The van der Waals surface area contributed by atoms with Crippen LogP contribution in [0.15, 0.2) is 48.9 Å². The van der Waals surface area contributed by atoms with Gasteiger partial charge in [0.25, 0.3) is 0 Å². The monoisotopic (exact) mass is 482 g/mol. The van der Waals surface area contributed by atoms with E-state index in [0.29, 0.717) is 29.2 Å². The number of amides is 2. The third-order valence-corrected chi connectivity index (χ3v) is 5.33. The molecule has 0 saturated carbocycles. The number of nitrogens with one attached hydrogen (secondary N) is 2. The van der Waals surface area contributed by atoms with Crippen molar-refractivity contribution in [2.45, 2.75) is 12.6 Å². The molecule has 0 spiro atoms. The van der Waals surface area contributed by atoms with Crippen LogP contribution in [-0.4, -0.2) is 75.8 Å². The van der Waals surface area contributed by atoms with Gasteiger partial charge in [0.05, 0.1) is 31.3 Å². The van der Waals surface area contributed by atoms with E-state index in [1.807, 2.05) is 0 Å². The van der Waals surface area contributed by atoms with Crippen LogP contribution in [0, 0.1) is 11.2 Å². The Hall–Kier alpha value is -4.39. The molecule has 1 aliphatic rings. The molecular formula is C22H23FN8O4. The molecule has 13 heteroatoms. The summed E-state index contributed by atoms with van der Waals surface area (Å²) >= 11 is 0. The van der Waals surface area contributed by atoms with E-state index in [9.17, 15) is 14.0 Å². The lowest BCUT2D eigenvalue weighted by Crippen LogP contribution is -2.35. The van der Waals surface area contributed by atoms with Crippen molar-refractivity contribution >= 4 is 29.8 Å². The van der Waals surface area contributed by atoms with Crippen molar-refractivity contribution in [3.05, 3.63) is 54.7 Å². The van der Waals surface area contributed by atoms with E-state index in [4.69, 9.17) is 15.3 Å². The summed E-state index contributed by atoms with van der Waals surface area (Å²) in [7, 11) is 0. The molecule has 0 unspecified atom stereocenters. The molecule has 1 saturated heterocycles. The molecule has 1 aromatic carbocycles. The zero-order valence-corrected chi connectivity index (χ0v) is 18.5. The molecule has 35 heavy (non-hydrogen) atoms. The molecule has 12 nitrogen and oxygen atoms in total. The molecule has 0 bridgehead atoms. The number of hydrogen-bond donors (Lipinski definition) is 3. The van der Waals surface area contributed by atoms with E-state index in [1.54, 1.807) is 35.1 Å². The average molecular weight is 482 g/mol. The highest BCUT2D eigenvalue weighted by Gasteiger charge is 2.33. The van der Waals surface area contributed by atoms with Gasteiger partial charge in [-0.3, -0.25) is 15.1 Å². The van der Waals surface area contributed by atoms with Gasteiger partial charge in [0.15, 0.2) is 0 Å². The molecule has 1 fully saturated rings. The standard InChI is InChI=1S/C22H23FN8O4/c23-19-9-16(31-12-17(35-22(31)34)11-30-8-6-27-28-30)2-3-18(19)15-1-4-20(26-10-15)29(14-24)7-5-25-21(33)13-32/h1-4,6,8-10,14,17,24,32H,5,7,11-13H2,(H,25,33)/t17-/m0/s1. The number of pyridine rings is 1. The van der Waals surface area contributed by atoms with Gasteiger partial charge in [-0.15, -0.1) is 5.10 Å². The van der Waals surface area contributed by atoms with Crippen LogP contribution in [0.4, 0.5) is 20.7 Å². The highest BCUT2D eigenvalue weighted by atomic mass is 19.1. The molecule has 3 N–H and O–H groups in total. The second-order valence-corrected chi connectivity index (χ2v) is 7.64. The van der Waals surface area contributed by atoms with E-state index >= 15 is 0 Å². The Labute approximate surface area is 199 Å². The number of carbonyl (C=O) groups is 2. The highest BCUT2D eigenvalue weighted by molar-refractivity contribution is 5.90. The van der Waals surface area contributed by atoms with Crippen molar-refractivity contribution in [1.29, 1.82) is 5.41 Å². The van der Waals surface area contributed by atoms with Crippen LogP contribution in [0.25, 0.3) is 11.1 Å². The first-order valence-corrected chi connectivity index (χ1v) is 10.7. The maximum absolute atomic E-state index is 15.0. The number of anilines is 2. The van der Waals surface area contributed by atoms with Gasteiger partial charge in [0, 0.05) is 36.6 Å². The van der Waals surface area contributed by atoms with E-state index in [-0.39, 0.29) is 19.6 Å². The first-order valence-electron chi connectivity index (χ1n) is 10.7. The van der Waals surface area contributed by atoms with Crippen LogP contribution in [0.1, 0.15) is 0 Å². The summed E-state index contributed by atoms with van der Waals surface area (Å²) < 4.78 is 21.9. The summed E-state index contributed by atoms with van der Waals surface area (Å²) in [5.74, 6) is -0.595. The fraction of sp³-hybridized carbons (Fsp3) is 0.273. The molecule has 0 radical (unpaired) electrons. The number of rotatable bonds is 10. The smallest absolute Gasteiger partial charge is 0.414 e. The van der Waals surface area contributed by atoms with Gasteiger partial charge in [-0.25, -0.2) is 18.9 Å². The highest BCUT2D eigenvalue weighted by Crippen LogP contribution is 2.29. The molecule has 1 atom stereocenters. The zero-order valence-electron chi connectivity index (χ0n) is 18.5. The number of aliphatic hydroxyl groups is 1. The van der Waals surface area contributed by atoms with Gasteiger partial charge < -0.3 is 20.1 Å². The van der Waals surface area contributed by atoms with E-state index < -0.39 is 30.5 Å². The predicted molar refractivity (Wildman–Crippen MR) is 123 cm³/mol. The lowest BCUT2D eigenvalue weighted by molar-refractivity contribution is -0.123. The number of halogens is 1. The SMILES string of the molecule is N=CN(CCNC(=O)CO)c1ccc(-c2ccc(N3C[C@H](Cn4ccnn4)OC3=O)cc2F)cn1. The van der Waals surface area contributed by atoms with Crippen molar-refractivity contribution < 1.29 is 23.8 Å². The minimum atomic E-state index is -0.607. The predicted octanol–water partition coefficient (Wildman–Crippen LogP) is 1.03. The van der Waals surface area contributed by atoms with Crippen molar-refractivity contribution in [1.82, 2.24) is 25.3 Å². The lowest BCUT2D eigenvalue weighted by Gasteiger charge is -2.18. The average Bonchev–Trinajstić information content (AvgIpc) is 3.51. The maximum Gasteiger partial charge on any atom is 0.414 e. The van der Waals surface area contributed by atoms with Crippen LogP contribution >= 0.6 is 0 Å². The normalized spacial score (nSPS) is 15.1. The van der Waals surface area contributed by atoms with Crippen molar-refractivity contribution in [3.63, 3.8) is 0 Å². The molecule has 4 rings (SSSR count). The fourth-order valence-corrected chi connectivity index (χ4v) is 3.60. The number of hydrogen-bond acceptors (Lipinski definition) is 8. The third-order valence-electron chi connectivity index (χ3n) is 5.33. The quantitative estimate of drug-likeness (QED) is 0.286. The Bertz CT molecular complexity index is 1190. The fourth-order valence-electron chi connectivity index (χ4n) is 3.60. The third kappa shape index (κ3) is 5.58.